The Morgan fingerprint density at radius 2 is 2.00 bits per heavy atom. The first-order valence-corrected chi connectivity index (χ1v) is 7.99. The highest BCUT2D eigenvalue weighted by atomic mass is 16.3. The Morgan fingerprint density at radius 1 is 1.12 bits per heavy atom. The third-order valence-electron chi connectivity index (χ3n) is 4.28. The van der Waals surface area contributed by atoms with E-state index in [9.17, 15) is 5.11 Å². The maximum Gasteiger partial charge on any atom is 0.163 e. The van der Waals surface area contributed by atoms with Crippen molar-refractivity contribution in [2.24, 2.45) is 0 Å². The fourth-order valence-corrected chi connectivity index (χ4v) is 3.17. The van der Waals surface area contributed by atoms with E-state index in [0.29, 0.717) is 18.1 Å². The highest BCUT2D eigenvalue weighted by Gasteiger charge is 2.30. The lowest BCUT2D eigenvalue weighted by molar-refractivity contribution is 0.165. The number of aryl methyl sites for hydroxylation is 1. The summed E-state index contributed by atoms with van der Waals surface area (Å²) in [6.07, 6.45) is 3.68. The lowest BCUT2D eigenvalue weighted by Crippen LogP contribution is -2.22. The summed E-state index contributed by atoms with van der Waals surface area (Å²) < 4.78 is 0. The van der Waals surface area contributed by atoms with Crippen LogP contribution in [0.5, 0.6) is 0 Å². The van der Waals surface area contributed by atoms with E-state index in [1.807, 2.05) is 37.3 Å². The number of nitrogens with zero attached hydrogens (tertiary/aromatic N) is 3. The quantitative estimate of drug-likeness (QED) is 0.777. The fourth-order valence-electron chi connectivity index (χ4n) is 3.17. The minimum Gasteiger partial charge on any atom is -0.390 e. The van der Waals surface area contributed by atoms with Gasteiger partial charge < -0.3 is 10.4 Å². The van der Waals surface area contributed by atoms with Gasteiger partial charge in [-0.1, -0.05) is 24.3 Å². The van der Waals surface area contributed by atoms with Crippen molar-refractivity contribution in [3.05, 3.63) is 71.7 Å². The van der Waals surface area contributed by atoms with Crippen molar-refractivity contribution in [3.8, 4) is 11.4 Å². The van der Waals surface area contributed by atoms with Gasteiger partial charge in [0, 0.05) is 36.1 Å². The SMILES string of the molecule is Cc1cc(N[C@H]2c3ccccc3C[C@H]2O)nc(-c2cccnc2)n1. The van der Waals surface area contributed by atoms with Crippen LogP contribution in [0, 0.1) is 6.92 Å². The summed E-state index contributed by atoms with van der Waals surface area (Å²) in [4.78, 5) is 13.2. The van der Waals surface area contributed by atoms with Gasteiger partial charge in [0.25, 0.3) is 0 Å². The molecule has 4 rings (SSSR count). The predicted octanol–water partition coefficient (Wildman–Crippen LogP) is 2.92. The van der Waals surface area contributed by atoms with E-state index in [0.717, 1.165) is 16.8 Å². The summed E-state index contributed by atoms with van der Waals surface area (Å²) in [6, 6.07) is 13.7. The van der Waals surface area contributed by atoms with Crippen LogP contribution in [0.2, 0.25) is 0 Å². The van der Waals surface area contributed by atoms with E-state index < -0.39 is 6.10 Å². The standard InChI is InChI=1S/C19H18N4O/c1-12-9-17(23-19(21-12)14-6-4-8-20-11-14)22-18-15-7-3-2-5-13(15)10-16(18)24/h2-9,11,16,18,24H,10H2,1H3,(H,21,22,23)/t16-,18+/m1/s1. The molecule has 0 fully saturated rings. The monoisotopic (exact) mass is 318 g/mol. The van der Waals surface area contributed by atoms with Gasteiger partial charge in [-0.05, 0) is 30.2 Å². The number of aromatic nitrogens is 3. The molecule has 1 aromatic carbocycles. The molecule has 0 saturated carbocycles. The summed E-state index contributed by atoms with van der Waals surface area (Å²) in [5.74, 6) is 1.34. The molecule has 120 valence electrons. The van der Waals surface area contributed by atoms with E-state index in [-0.39, 0.29) is 6.04 Å². The van der Waals surface area contributed by atoms with Gasteiger partial charge in [-0.2, -0.15) is 0 Å². The molecule has 0 spiro atoms. The molecule has 1 aliphatic rings. The van der Waals surface area contributed by atoms with Crippen molar-refractivity contribution in [2.45, 2.75) is 25.5 Å². The van der Waals surface area contributed by atoms with Gasteiger partial charge in [-0.15, -0.1) is 0 Å². The number of nitrogens with one attached hydrogen (secondary N) is 1. The summed E-state index contributed by atoms with van der Waals surface area (Å²) in [5.41, 5.74) is 4.05. The van der Waals surface area contributed by atoms with E-state index in [1.165, 1.54) is 5.56 Å². The molecular weight excluding hydrogens is 300 g/mol. The minimum absolute atomic E-state index is 0.155. The van der Waals surface area contributed by atoms with Gasteiger partial charge >= 0.3 is 0 Å². The number of hydrogen-bond acceptors (Lipinski definition) is 5. The molecule has 2 N–H and O–H groups in total. The molecule has 0 saturated heterocycles. The average molecular weight is 318 g/mol. The molecule has 5 nitrogen and oxygen atoms in total. The Bertz CT molecular complexity index is 866. The summed E-state index contributed by atoms with van der Waals surface area (Å²) in [5, 5.41) is 13.8. The number of rotatable bonds is 3. The van der Waals surface area contributed by atoms with Crippen molar-refractivity contribution in [1.29, 1.82) is 0 Å². The number of aliphatic hydroxyl groups is 1. The molecule has 1 aliphatic carbocycles. The largest absolute Gasteiger partial charge is 0.390 e. The van der Waals surface area contributed by atoms with Crippen LogP contribution in [0.25, 0.3) is 11.4 Å². The average Bonchev–Trinajstić information content (AvgIpc) is 2.91. The van der Waals surface area contributed by atoms with Gasteiger partial charge in [-0.25, -0.2) is 9.97 Å². The molecule has 3 aromatic rings. The van der Waals surface area contributed by atoms with Gasteiger partial charge in [0.15, 0.2) is 5.82 Å². The second kappa shape index (κ2) is 6.02. The fraction of sp³-hybridized carbons (Fsp3) is 0.211. The smallest absolute Gasteiger partial charge is 0.163 e. The lowest BCUT2D eigenvalue weighted by Gasteiger charge is -2.19. The van der Waals surface area contributed by atoms with Gasteiger partial charge in [0.1, 0.15) is 5.82 Å². The molecule has 0 aliphatic heterocycles. The van der Waals surface area contributed by atoms with Crippen LogP contribution in [0.4, 0.5) is 5.82 Å². The van der Waals surface area contributed by atoms with Crippen molar-refractivity contribution < 1.29 is 5.11 Å². The molecule has 5 heteroatoms. The number of benzene rings is 1. The first-order valence-electron chi connectivity index (χ1n) is 7.99. The van der Waals surface area contributed by atoms with Crippen LogP contribution < -0.4 is 5.32 Å². The molecule has 2 aromatic heterocycles. The van der Waals surface area contributed by atoms with Crippen molar-refractivity contribution in [2.75, 3.05) is 5.32 Å². The Balaban J connectivity index is 1.67. The first kappa shape index (κ1) is 14.8. The van der Waals surface area contributed by atoms with Gasteiger partial charge in [-0.3, -0.25) is 4.98 Å². The van der Waals surface area contributed by atoms with Crippen LogP contribution in [0.1, 0.15) is 22.9 Å². The van der Waals surface area contributed by atoms with Crippen LogP contribution in [0.15, 0.2) is 54.9 Å². The van der Waals surface area contributed by atoms with Crippen LogP contribution >= 0.6 is 0 Å². The lowest BCUT2D eigenvalue weighted by atomic mass is 10.1. The normalized spacial score (nSPS) is 19.1. The zero-order valence-corrected chi connectivity index (χ0v) is 13.3. The molecule has 0 unspecified atom stereocenters. The summed E-state index contributed by atoms with van der Waals surface area (Å²) >= 11 is 0. The van der Waals surface area contributed by atoms with E-state index >= 15 is 0 Å². The molecule has 24 heavy (non-hydrogen) atoms. The second-order valence-electron chi connectivity index (χ2n) is 6.05. The number of hydrogen-bond donors (Lipinski definition) is 2. The first-order chi connectivity index (χ1) is 11.7. The predicted molar refractivity (Wildman–Crippen MR) is 92.5 cm³/mol. The Hall–Kier alpha value is -2.79. The molecule has 0 amide bonds. The van der Waals surface area contributed by atoms with Crippen LogP contribution in [-0.2, 0) is 6.42 Å². The van der Waals surface area contributed by atoms with E-state index in [1.54, 1.807) is 12.4 Å². The minimum atomic E-state index is -0.459. The van der Waals surface area contributed by atoms with Gasteiger partial charge in [0.2, 0.25) is 0 Å². The zero-order chi connectivity index (χ0) is 16.5. The van der Waals surface area contributed by atoms with Crippen LogP contribution in [-0.4, -0.2) is 26.2 Å². The second-order valence-corrected chi connectivity index (χ2v) is 6.05. The number of pyridine rings is 1. The Labute approximate surface area is 140 Å². The van der Waals surface area contributed by atoms with Crippen LogP contribution in [0.3, 0.4) is 0 Å². The van der Waals surface area contributed by atoms with Crippen molar-refractivity contribution in [1.82, 2.24) is 15.0 Å². The number of anilines is 1. The maximum atomic E-state index is 10.4. The van der Waals surface area contributed by atoms with Crippen molar-refractivity contribution in [3.63, 3.8) is 0 Å². The molecule has 0 radical (unpaired) electrons. The van der Waals surface area contributed by atoms with E-state index in [4.69, 9.17) is 0 Å². The number of aliphatic hydroxyl groups excluding tert-OH is 1. The Morgan fingerprint density at radius 3 is 2.83 bits per heavy atom. The molecule has 2 heterocycles. The number of fused-ring (bicyclic) bond motifs is 1. The Kier molecular flexibility index (Phi) is 3.70. The maximum absolute atomic E-state index is 10.4. The third kappa shape index (κ3) is 2.74. The highest BCUT2D eigenvalue weighted by Crippen LogP contribution is 2.34. The topological polar surface area (TPSA) is 70.9 Å². The van der Waals surface area contributed by atoms with Gasteiger partial charge in [0.05, 0.1) is 12.1 Å². The molecular formula is C19H18N4O. The highest BCUT2D eigenvalue weighted by molar-refractivity contribution is 5.57. The summed E-state index contributed by atoms with van der Waals surface area (Å²) in [6.45, 7) is 1.94. The van der Waals surface area contributed by atoms with Crippen molar-refractivity contribution >= 4 is 5.82 Å². The molecule has 0 bridgehead atoms. The third-order valence-corrected chi connectivity index (χ3v) is 4.28. The van der Waals surface area contributed by atoms with E-state index in [2.05, 4.69) is 32.4 Å². The molecule has 2 atom stereocenters. The zero-order valence-electron chi connectivity index (χ0n) is 13.3. The summed E-state index contributed by atoms with van der Waals surface area (Å²) in [7, 11) is 0.